The molecular weight excluding hydrogens is 308 g/mol. The van der Waals surface area contributed by atoms with E-state index >= 15 is 0 Å². The quantitative estimate of drug-likeness (QED) is 0.928. The van der Waals surface area contributed by atoms with Crippen LogP contribution in [-0.4, -0.2) is 29.9 Å². The summed E-state index contributed by atoms with van der Waals surface area (Å²) in [6.45, 7) is 1.70. The van der Waals surface area contributed by atoms with Crippen molar-refractivity contribution in [3.8, 4) is 11.1 Å². The zero-order chi connectivity index (χ0) is 17.2. The van der Waals surface area contributed by atoms with Crippen molar-refractivity contribution in [2.45, 2.75) is 37.6 Å². The number of nitrogens with two attached hydrogens (primary N) is 1. The molecule has 1 heterocycles. The predicted octanol–water partition coefficient (Wildman–Crippen LogP) is 3.80. The summed E-state index contributed by atoms with van der Waals surface area (Å²) >= 11 is 0. The van der Waals surface area contributed by atoms with Crippen LogP contribution in [0.2, 0.25) is 0 Å². The van der Waals surface area contributed by atoms with Crippen LogP contribution in [0.25, 0.3) is 11.1 Å². The Morgan fingerprint density at radius 1 is 0.960 bits per heavy atom. The molecule has 2 aromatic carbocycles. The van der Waals surface area contributed by atoms with Gasteiger partial charge in [-0.05, 0) is 48.3 Å². The highest BCUT2D eigenvalue weighted by molar-refractivity contribution is 5.83. The summed E-state index contributed by atoms with van der Waals surface area (Å²) in [7, 11) is 0. The molecule has 2 aliphatic rings. The average molecular weight is 334 g/mol. The second kappa shape index (κ2) is 7.01. The van der Waals surface area contributed by atoms with Gasteiger partial charge in [-0.25, -0.2) is 0 Å². The fourth-order valence-electron chi connectivity index (χ4n) is 3.99. The summed E-state index contributed by atoms with van der Waals surface area (Å²) in [5, 5.41) is 0. The van der Waals surface area contributed by atoms with Gasteiger partial charge in [0.2, 0.25) is 5.91 Å². The zero-order valence-electron chi connectivity index (χ0n) is 14.6. The van der Waals surface area contributed by atoms with E-state index in [0.29, 0.717) is 11.8 Å². The van der Waals surface area contributed by atoms with Gasteiger partial charge in [0, 0.05) is 25.0 Å². The van der Waals surface area contributed by atoms with Crippen LogP contribution >= 0.6 is 0 Å². The fraction of sp³-hybridized carbons (Fsp3) is 0.409. The van der Waals surface area contributed by atoms with Crippen molar-refractivity contribution in [1.82, 2.24) is 4.90 Å². The molecule has 3 heteroatoms. The van der Waals surface area contributed by atoms with Gasteiger partial charge in [-0.15, -0.1) is 0 Å². The number of carbonyl (C=O) groups is 1. The Kier molecular flexibility index (Phi) is 4.58. The van der Waals surface area contributed by atoms with Crippen molar-refractivity contribution in [3.05, 3.63) is 60.2 Å². The lowest BCUT2D eigenvalue weighted by atomic mass is 10.0. The van der Waals surface area contributed by atoms with E-state index < -0.39 is 0 Å². The lowest BCUT2D eigenvalue weighted by Gasteiger charge is -2.20. The maximum Gasteiger partial charge on any atom is 0.226 e. The van der Waals surface area contributed by atoms with E-state index in [1.54, 1.807) is 0 Å². The molecule has 2 N–H and O–H groups in total. The molecule has 2 fully saturated rings. The van der Waals surface area contributed by atoms with Gasteiger partial charge < -0.3 is 10.6 Å². The highest BCUT2D eigenvalue weighted by Crippen LogP contribution is 2.49. The molecule has 1 aliphatic carbocycles. The van der Waals surface area contributed by atoms with E-state index in [1.807, 2.05) is 6.07 Å². The minimum Gasteiger partial charge on any atom is -0.342 e. The summed E-state index contributed by atoms with van der Waals surface area (Å²) in [6, 6.07) is 19.4. The molecule has 3 unspecified atom stereocenters. The maximum absolute atomic E-state index is 12.8. The van der Waals surface area contributed by atoms with Crippen LogP contribution in [0.3, 0.4) is 0 Å². The third-order valence-electron chi connectivity index (χ3n) is 5.61. The second-order valence-corrected chi connectivity index (χ2v) is 7.46. The number of rotatable bonds is 3. The first-order valence-corrected chi connectivity index (χ1v) is 9.42. The minimum atomic E-state index is 0.167. The van der Waals surface area contributed by atoms with Gasteiger partial charge in [-0.1, -0.05) is 54.6 Å². The molecule has 2 aromatic rings. The van der Waals surface area contributed by atoms with Gasteiger partial charge in [0.05, 0.1) is 0 Å². The highest BCUT2D eigenvalue weighted by atomic mass is 16.2. The number of carbonyl (C=O) groups excluding carboxylic acids is 1. The molecule has 0 aromatic heterocycles. The highest BCUT2D eigenvalue weighted by Gasteiger charge is 2.45. The minimum absolute atomic E-state index is 0.167. The van der Waals surface area contributed by atoms with Crippen molar-refractivity contribution in [2.75, 3.05) is 13.1 Å². The largest absolute Gasteiger partial charge is 0.342 e. The molecule has 3 nitrogen and oxygen atoms in total. The molecule has 25 heavy (non-hydrogen) atoms. The maximum atomic E-state index is 12.8. The van der Waals surface area contributed by atoms with E-state index in [9.17, 15) is 4.79 Å². The summed E-state index contributed by atoms with van der Waals surface area (Å²) in [4.78, 5) is 14.9. The van der Waals surface area contributed by atoms with Gasteiger partial charge in [0.1, 0.15) is 0 Å². The molecule has 3 atom stereocenters. The van der Waals surface area contributed by atoms with Crippen LogP contribution in [0.15, 0.2) is 54.6 Å². The van der Waals surface area contributed by atoms with Crippen molar-refractivity contribution < 1.29 is 4.79 Å². The molecule has 0 spiro atoms. The molecule has 0 bridgehead atoms. The Morgan fingerprint density at radius 3 is 2.60 bits per heavy atom. The van der Waals surface area contributed by atoms with Crippen LogP contribution in [0.5, 0.6) is 0 Å². The van der Waals surface area contributed by atoms with Crippen molar-refractivity contribution in [2.24, 2.45) is 11.7 Å². The summed E-state index contributed by atoms with van der Waals surface area (Å²) < 4.78 is 0. The van der Waals surface area contributed by atoms with Crippen molar-refractivity contribution in [3.63, 3.8) is 0 Å². The number of benzene rings is 2. The van der Waals surface area contributed by atoms with Crippen LogP contribution in [0, 0.1) is 5.92 Å². The van der Waals surface area contributed by atoms with Crippen molar-refractivity contribution >= 4 is 5.91 Å². The Morgan fingerprint density at radius 2 is 1.76 bits per heavy atom. The smallest absolute Gasteiger partial charge is 0.226 e. The lowest BCUT2D eigenvalue weighted by molar-refractivity contribution is -0.132. The summed E-state index contributed by atoms with van der Waals surface area (Å²) in [5.74, 6) is 0.887. The Hall–Kier alpha value is -2.13. The number of hydrogen-bond donors (Lipinski definition) is 1. The van der Waals surface area contributed by atoms with E-state index in [1.165, 1.54) is 16.7 Å². The monoisotopic (exact) mass is 334 g/mol. The molecule has 1 amide bonds. The number of amides is 1. The Balaban J connectivity index is 1.45. The van der Waals surface area contributed by atoms with Gasteiger partial charge in [-0.2, -0.15) is 0 Å². The standard InChI is InChI=1S/C22H26N2O/c23-19-10-5-12-24(13-11-19)22(25)21-15-20(21)18-9-4-8-17(14-18)16-6-2-1-3-7-16/h1-4,6-9,14,19-21H,5,10-13,15,23H2. The SMILES string of the molecule is NC1CCCN(C(=O)C2CC2c2cccc(-c3ccccc3)c2)CC1. The number of likely N-dealkylation sites (tertiary alicyclic amines) is 1. The van der Waals surface area contributed by atoms with E-state index in [4.69, 9.17) is 5.73 Å². The average Bonchev–Trinajstić information content (AvgIpc) is 3.47. The van der Waals surface area contributed by atoms with Gasteiger partial charge in [0.25, 0.3) is 0 Å². The molecule has 1 aliphatic heterocycles. The predicted molar refractivity (Wildman–Crippen MR) is 101 cm³/mol. The van der Waals surface area contributed by atoms with Crippen LogP contribution in [0.4, 0.5) is 0 Å². The zero-order valence-corrected chi connectivity index (χ0v) is 14.6. The first kappa shape index (κ1) is 16.3. The van der Waals surface area contributed by atoms with Gasteiger partial charge in [-0.3, -0.25) is 4.79 Å². The molecule has 0 radical (unpaired) electrons. The topological polar surface area (TPSA) is 46.3 Å². The Bertz CT molecular complexity index is 743. The number of hydrogen-bond acceptors (Lipinski definition) is 2. The fourth-order valence-corrected chi connectivity index (χ4v) is 3.99. The van der Waals surface area contributed by atoms with E-state index in [2.05, 4.69) is 53.4 Å². The van der Waals surface area contributed by atoms with Gasteiger partial charge in [0.15, 0.2) is 0 Å². The number of nitrogens with zero attached hydrogens (tertiary/aromatic N) is 1. The van der Waals surface area contributed by atoms with Crippen LogP contribution in [-0.2, 0) is 4.79 Å². The second-order valence-electron chi connectivity index (χ2n) is 7.46. The normalized spacial score (nSPS) is 26.1. The first-order valence-electron chi connectivity index (χ1n) is 9.42. The van der Waals surface area contributed by atoms with Crippen molar-refractivity contribution in [1.29, 1.82) is 0 Å². The molecule has 4 rings (SSSR count). The summed E-state index contributed by atoms with van der Waals surface area (Å²) in [6.07, 6.45) is 4.00. The van der Waals surface area contributed by atoms with E-state index in [0.717, 1.165) is 38.8 Å². The lowest BCUT2D eigenvalue weighted by Crippen LogP contribution is -2.34. The van der Waals surface area contributed by atoms with E-state index in [-0.39, 0.29) is 12.0 Å². The molecular formula is C22H26N2O. The van der Waals surface area contributed by atoms with Gasteiger partial charge >= 0.3 is 0 Å². The third-order valence-corrected chi connectivity index (χ3v) is 5.61. The molecule has 1 saturated carbocycles. The molecule has 1 saturated heterocycles. The summed E-state index contributed by atoms with van der Waals surface area (Å²) in [5.41, 5.74) is 9.80. The third kappa shape index (κ3) is 3.62. The van der Waals surface area contributed by atoms with Crippen LogP contribution in [0.1, 0.15) is 37.2 Å². The van der Waals surface area contributed by atoms with Crippen LogP contribution < -0.4 is 5.73 Å². The molecule has 130 valence electrons. The Labute approximate surface area is 149 Å². The first-order chi connectivity index (χ1) is 12.2.